The van der Waals surface area contributed by atoms with Crippen LogP contribution in [0.1, 0.15) is 18.5 Å². The van der Waals surface area contributed by atoms with Crippen LogP contribution in [0.5, 0.6) is 0 Å². The van der Waals surface area contributed by atoms with Gasteiger partial charge in [0.2, 0.25) is 11.8 Å². The fourth-order valence-electron chi connectivity index (χ4n) is 3.29. The Balaban J connectivity index is 1.82. The summed E-state index contributed by atoms with van der Waals surface area (Å²) in [5.74, 6) is -0.0975. The van der Waals surface area contributed by atoms with Crippen LogP contribution in [0.4, 0.5) is 5.69 Å². The first kappa shape index (κ1) is 19.7. The number of carbonyl (C=O) groups excluding carboxylic acids is 2. The first-order valence-corrected chi connectivity index (χ1v) is 9.51. The first-order valence-electron chi connectivity index (χ1n) is 8.75. The minimum atomic E-state index is -0.460. The Morgan fingerprint density at radius 3 is 2.11 bits per heavy atom. The molecule has 1 N–H and O–H groups in total. The third-order valence-electron chi connectivity index (χ3n) is 4.62. The standard InChI is InChI=1S/C20H21Cl2N3O2/c1-14(26)24-7-9-25(10-8-24)19(15-5-3-2-4-6-15)20(27)23-18-12-16(21)11-17(22)13-18/h2-6,11-13,19H,7-10H2,1H3,(H,23,27)/t19-/m0/s1. The van der Waals surface area contributed by atoms with Crippen molar-refractivity contribution in [3.8, 4) is 0 Å². The monoisotopic (exact) mass is 405 g/mol. The van der Waals surface area contributed by atoms with Gasteiger partial charge in [0.25, 0.3) is 0 Å². The summed E-state index contributed by atoms with van der Waals surface area (Å²) in [6.07, 6.45) is 0. The molecule has 142 valence electrons. The summed E-state index contributed by atoms with van der Waals surface area (Å²) in [4.78, 5) is 28.6. The summed E-state index contributed by atoms with van der Waals surface area (Å²) in [6.45, 7) is 4.04. The predicted octanol–water partition coefficient (Wildman–Crippen LogP) is 3.84. The van der Waals surface area contributed by atoms with E-state index in [1.165, 1.54) is 0 Å². The van der Waals surface area contributed by atoms with E-state index in [-0.39, 0.29) is 11.8 Å². The Hall–Kier alpha value is -2.08. The number of benzene rings is 2. The Morgan fingerprint density at radius 2 is 1.56 bits per heavy atom. The third-order valence-corrected chi connectivity index (χ3v) is 5.05. The lowest BCUT2D eigenvalue weighted by Crippen LogP contribution is -2.51. The average molecular weight is 406 g/mol. The number of anilines is 1. The SMILES string of the molecule is CC(=O)N1CCN([C@H](C(=O)Nc2cc(Cl)cc(Cl)c2)c2ccccc2)CC1. The van der Waals surface area contributed by atoms with Crippen LogP contribution < -0.4 is 5.32 Å². The lowest BCUT2D eigenvalue weighted by molar-refractivity contribution is -0.131. The van der Waals surface area contributed by atoms with Crippen LogP contribution >= 0.6 is 23.2 Å². The van der Waals surface area contributed by atoms with Crippen LogP contribution in [0, 0.1) is 0 Å². The maximum Gasteiger partial charge on any atom is 0.246 e. The number of hydrogen-bond donors (Lipinski definition) is 1. The second-order valence-electron chi connectivity index (χ2n) is 6.50. The number of piperazine rings is 1. The zero-order valence-electron chi connectivity index (χ0n) is 15.0. The van der Waals surface area contributed by atoms with Crippen LogP contribution in [-0.4, -0.2) is 47.8 Å². The first-order chi connectivity index (χ1) is 12.9. The van der Waals surface area contributed by atoms with E-state index in [0.29, 0.717) is 41.9 Å². The number of amides is 2. The number of carbonyl (C=O) groups is 2. The molecular formula is C20H21Cl2N3O2. The lowest BCUT2D eigenvalue weighted by Gasteiger charge is -2.38. The zero-order valence-corrected chi connectivity index (χ0v) is 16.5. The summed E-state index contributed by atoms with van der Waals surface area (Å²) >= 11 is 12.1. The van der Waals surface area contributed by atoms with Crippen molar-refractivity contribution in [2.45, 2.75) is 13.0 Å². The van der Waals surface area contributed by atoms with Gasteiger partial charge in [0, 0.05) is 48.8 Å². The largest absolute Gasteiger partial charge is 0.340 e. The smallest absolute Gasteiger partial charge is 0.246 e. The maximum absolute atomic E-state index is 13.1. The van der Waals surface area contributed by atoms with Gasteiger partial charge in [-0.3, -0.25) is 14.5 Å². The number of halogens is 2. The Kier molecular flexibility index (Phi) is 6.37. The van der Waals surface area contributed by atoms with Gasteiger partial charge in [0.15, 0.2) is 0 Å². The summed E-state index contributed by atoms with van der Waals surface area (Å²) in [7, 11) is 0. The van der Waals surface area contributed by atoms with E-state index < -0.39 is 6.04 Å². The van der Waals surface area contributed by atoms with Gasteiger partial charge in [0.05, 0.1) is 0 Å². The Labute approximate surface area is 168 Å². The molecule has 2 amide bonds. The van der Waals surface area contributed by atoms with Gasteiger partial charge in [-0.25, -0.2) is 0 Å². The molecule has 2 aromatic rings. The number of nitrogens with zero attached hydrogens (tertiary/aromatic N) is 2. The third kappa shape index (κ3) is 5.01. The van der Waals surface area contributed by atoms with Crippen molar-refractivity contribution in [1.29, 1.82) is 0 Å². The van der Waals surface area contributed by atoms with E-state index >= 15 is 0 Å². The maximum atomic E-state index is 13.1. The van der Waals surface area contributed by atoms with Crippen molar-refractivity contribution in [3.05, 3.63) is 64.1 Å². The molecule has 7 heteroatoms. The fourth-order valence-corrected chi connectivity index (χ4v) is 3.82. The van der Waals surface area contributed by atoms with E-state index in [4.69, 9.17) is 23.2 Å². The average Bonchev–Trinajstić information content (AvgIpc) is 2.62. The minimum Gasteiger partial charge on any atom is -0.340 e. The Morgan fingerprint density at radius 1 is 0.963 bits per heavy atom. The van der Waals surface area contributed by atoms with Crippen LogP contribution in [0.2, 0.25) is 10.0 Å². The van der Waals surface area contributed by atoms with Gasteiger partial charge in [-0.15, -0.1) is 0 Å². The molecular weight excluding hydrogens is 385 g/mol. The predicted molar refractivity (Wildman–Crippen MR) is 108 cm³/mol. The van der Waals surface area contributed by atoms with E-state index in [0.717, 1.165) is 5.56 Å². The number of nitrogens with one attached hydrogen (secondary N) is 1. The summed E-state index contributed by atoms with van der Waals surface area (Å²) in [5.41, 5.74) is 1.46. The molecule has 1 aliphatic rings. The highest BCUT2D eigenvalue weighted by Gasteiger charge is 2.31. The highest BCUT2D eigenvalue weighted by molar-refractivity contribution is 6.35. The van der Waals surface area contributed by atoms with Gasteiger partial charge in [-0.2, -0.15) is 0 Å². The summed E-state index contributed by atoms with van der Waals surface area (Å²) in [5, 5.41) is 3.85. The van der Waals surface area contributed by atoms with Crippen molar-refractivity contribution in [2.75, 3.05) is 31.5 Å². The van der Waals surface area contributed by atoms with E-state index in [1.54, 1.807) is 30.0 Å². The van der Waals surface area contributed by atoms with Crippen molar-refractivity contribution < 1.29 is 9.59 Å². The minimum absolute atomic E-state index is 0.0592. The molecule has 2 aromatic carbocycles. The molecule has 0 aromatic heterocycles. The molecule has 0 bridgehead atoms. The van der Waals surface area contributed by atoms with Gasteiger partial charge >= 0.3 is 0 Å². The van der Waals surface area contributed by atoms with Gasteiger partial charge < -0.3 is 10.2 Å². The molecule has 1 heterocycles. The molecule has 5 nitrogen and oxygen atoms in total. The molecule has 3 rings (SSSR count). The summed E-state index contributed by atoms with van der Waals surface area (Å²) < 4.78 is 0. The van der Waals surface area contributed by atoms with Crippen molar-refractivity contribution in [1.82, 2.24) is 9.80 Å². The normalized spacial score (nSPS) is 16.0. The molecule has 0 spiro atoms. The van der Waals surface area contributed by atoms with E-state index in [1.807, 2.05) is 30.3 Å². The molecule has 27 heavy (non-hydrogen) atoms. The van der Waals surface area contributed by atoms with Crippen LogP contribution in [0.25, 0.3) is 0 Å². The second-order valence-corrected chi connectivity index (χ2v) is 7.38. The van der Waals surface area contributed by atoms with Crippen LogP contribution in [0.15, 0.2) is 48.5 Å². The molecule has 1 fully saturated rings. The number of hydrogen-bond acceptors (Lipinski definition) is 3. The molecule has 0 aliphatic carbocycles. The lowest BCUT2D eigenvalue weighted by atomic mass is 10.0. The molecule has 1 atom stereocenters. The Bertz CT molecular complexity index is 801. The van der Waals surface area contributed by atoms with Crippen molar-refractivity contribution in [2.24, 2.45) is 0 Å². The van der Waals surface area contributed by atoms with Crippen molar-refractivity contribution >= 4 is 40.7 Å². The van der Waals surface area contributed by atoms with Gasteiger partial charge in [-0.1, -0.05) is 53.5 Å². The van der Waals surface area contributed by atoms with E-state index in [2.05, 4.69) is 10.2 Å². The second kappa shape index (κ2) is 8.74. The molecule has 1 saturated heterocycles. The highest BCUT2D eigenvalue weighted by atomic mass is 35.5. The molecule has 0 unspecified atom stereocenters. The molecule has 1 aliphatic heterocycles. The highest BCUT2D eigenvalue weighted by Crippen LogP contribution is 2.27. The van der Waals surface area contributed by atoms with E-state index in [9.17, 15) is 9.59 Å². The van der Waals surface area contributed by atoms with Gasteiger partial charge in [0.1, 0.15) is 6.04 Å². The van der Waals surface area contributed by atoms with Crippen LogP contribution in [0.3, 0.4) is 0 Å². The zero-order chi connectivity index (χ0) is 19.4. The molecule has 0 radical (unpaired) electrons. The van der Waals surface area contributed by atoms with Crippen molar-refractivity contribution in [3.63, 3.8) is 0 Å². The van der Waals surface area contributed by atoms with Gasteiger partial charge in [-0.05, 0) is 23.8 Å². The fraction of sp³-hybridized carbons (Fsp3) is 0.300. The number of rotatable bonds is 4. The molecule has 0 saturated carbocycles. The summed E-state index contributed by atoms with van der Waals surface area (Å²) in [6, 6.07) is 14.1. The van der Waals surface area contributed by atoms with Crippen LogP contribution in [-0.2, 0) is 9.59 Å². The quantitative estimate of drug-likeness (QED) is 0.840. The topological polar surface area (TPSA) is 52.7 Å².